The zero-order valence-corrected chi connectivity index (χ0v) is 14.7. The Labute approximate surface area is 148 Å². The molecule has 1 unspecified atom stereocenters. The smallest absolute Gasteiger partial charge is 0.223 e. The van der Waals surface area contributed by atoms with E-state index in [0.29, 0.717) is 19.0 Å². The lowest BCUT2D eigenvalue weighted by atomic mass is 9.90. The molecule has 2 aromatic rings. The Bertz CT molecular complexity index is 735. The number of hydrogen-bond donors (Lipinski definition) is 0. The molecule has 2 aliphatic rings. The second-order valence-electron chi connectivity index (χ2n) is 7.17. The number of amides is 1. The molecule has 1 amide bonds. The molecule has 2 atom stereocenters. The van der Waals surface area contributed by atoms with Crippen LogP contribution in [0, 0.1) is 6.92 Å². The largest absolute Gasteiger partial charge is 0.379 e. The number of benzene rings is 1. The Morgan fingerprint density at radius 1 is 1.24 bits per heavy atom. The fraction of sp³-hybridized carbons (Fsp3) is 0.500. The first-order chi connectivity index (χ1) is 12.2. The lowest BCUT2D eigenvalue weighted by Gasteiger charge is -2.33. The molecule has 0 bridgehead atoms. The first-order valence-electron chi connectivity index (χ1n) is 9.16. The number of hydrogen-bond acceptors (Lipinski definition) is 3. The number of carbonyl (C=O) groups excluding carboxylic acids is 1. The quantitative estimate of drug-likeness (QED) is 0.860. The van der Waals surface area contributed by atoms with Crippen molar-refractivity contribution in [3.05, 3.63) is 53.3 Å². The molecule has 1 aromatic carbocycles. The van der Waals surface area contributed by atoms with Crippen molar-refractivity contribution in [3.8, 4) is 0 Å². The van der Waals surface area contributed by atoms with Crippen molar-refractivity contribution >= 4 is 5.91 Å². The van der Waals surface area contributed by atoms with Crippen molar-refractivity contribution in [1.29, 1.82) is 0 Å². The van der Waals surface area contributed by atoms with Crippen molar-refractivity contribution in [2.45, 2.75) is 44.7 Å². The molecule has 3 heterocycles. The summed E-state index contributed by atoms with van der Waals surface area (Å²) in [6.07, 6.45) is 4.52. The van der Waals surface area contributed by atoms with Crippen molar-refractivity contribution in [3.63, 3.8) is 0 Å². The van der Waals surface area contributed by atoms with E-state index in [1.54, 1.807) is 0 Å². The van der Waals surface area contributed by atoms with Gasteiger partial charge in [0, 0.05) is 37.7 Å². The van der Waals surface area contributed by atoms with Gasteiger partial charge in [-0.1, -0.05) is 30.3 Å². The number of ether oxygens (including phenoxy) is 1. The molecule has 4 rings (SSSR count). The molecule has 0 radical (unpaired) electrons. The summed E-state index contributed by atoms with van der Waals surface area (Å²) in [6.45, 7) is 5.16. The molecule has 2 fully saturated rings. The van der Waals surface area contributed by atoms with E-state index < -0.39 is 0 Å². The molecular formula is C20H25N3O2. The molecule has 25 heavy (non-hydrogen) atoms. The number of aryl methyl sites for hydroxylation is 1. The van der Waals surface area contributed by atoms with E-state index in [-0.39, 0.29) is 11.8 Å². The maximum Gasteiger partial charge on any atom is 0.223 e. The van der Waals surface area contributed by atoms with Crippen LogP contribution < -0.4 is 0 Å². The summed E-state index contributed by atoms with van der Waals surface area (Å²) in [5, 5.41) is 4.60. The average Bonchev–Trinajstić information content (AvgIpc) is 3.27. The van der Waals surface area contributed by atoms with Crippen LogP contribution in [0.4, 0.5) is 0 Å². The zero-order chi connectivity index (χ0) is 17.2. The van der Waals surface area contributed by atoms with Gasteiger partial charge in [-0.15, -0.1) is 0 Å². The Balaban J connectivity index is 1.48. The predicted molar refractivity (Wildman–Crippen MR) is 95.3 cm³/mol. The van der Waals surface area contributed by atoms with Crippen LogP contribution in [0.5, 0.6) is 0 Å². The third-order valence-electron chi connectivity index (χ3n) is 5.40. The first kappa shape index (κ1) is 16.3. The fourth-order valence-corrected chi connectivity index (χ4v) is 4.06. The summed E-state index contributed by atoms with van der Waals surface area (Å²) in [6, 6.07) is 10.5. The van der Waals surface area contributed by atoms with Crippen LogP contribution in [0.1, 0.15) is 48.0 Å². The van der Waals surface area contributed by atoms with E-state index in [4.69, 9.17) is 4.74 Å². The molecule has 2 aliphatic heterocycles. The third-order valence-corrected chi connectivity index (χ3v) is 5.40. The number of rotatable bonds is 4. The standard InChI is InChI=1S/C20H25N3O2/c1-15-12-21-23(18-8-10-25-14-18)20(15)17-7-9-22(19(24)11-17)13-16-5-3-2-4-6-16/h2-6,12,17-18H,7-11,13-14H2,1H3/t17?,18-/m0/s1. The van der Waals surface area contributed by atoms with Crippen LogP contribution in [-0.2, 0) is 16.1 Å². The molecule has 1 aromatic heterocycles. The van der Waals surface area contributed by atoms with E-state index >= 15 is 0 Å². The molecule has 0 aliphatic carbocycles. The van der Waals surface area contributed by atoms with Gasteiger partial charge in [0.05, 0.1) is 18.8 Å². The second-order valence-corrected chi connectivity index (χ2v) is 7.17. The second kappa shape index (κ2) is 7.00. The summed E-state index contributed by atoms with van der Waals surface area (Å²) in [4.78, 5) is 14.7. The maximum atomic E-state index is 12.7. The first-order valence-corrected chi connectivity index (χ1v) is 9.16. The molecule has 0 N–H and O–H groups in total. The minimum atomic E-state index is 0.245. The summed E-state index contributed by atoms with van der Waals surface area (Å²) < 4.78 is 7.66. The van der Waals surface area contributed by atoms with Crippen molar-refractivity contribution in [1.82, 2.24) is 14.7 Å². The van der Waals surface area contributed by atoms with Crippen LogP contribution in [0.3, 0.4) is 0 Å². The molecule has 132 valence electrons. The Kier molecular flexibility index (Phi) is 4.57. The van der Waals surface area contributed by atoms with Crippen molar-refractivity contribution in [2.24, 2.45) is 0 Å². The monoisotopic (exact) mass is 339 g/mol. The fourth-order valence-electron chi connectivity index (χ4n) is 4.06. The molecule has 2 saturated heterocycles. The Hall–Kier alpha value is -2.14. The highest BCUT2D eigenvalue weighted by molar-refractivity contribution is 5.78. The van der Waals surface area contributed by atoms with E-state index in [2.05, 4.69) is 28.8 Å². The topological polar surface area (TPSA) is 47.4 Å². The lowest BCUT2D eigenvalue weighted by molar-refractivity contribution is -0.134. The van der Waals surface area contributed by atoms with Crippen LogP contribution in [0.25, 0.3) is 0 Å². The predicted octanol–water partition coefficient (Wildman–Crippen LogP) is 3.06. The van der Waals surface area contributed by atoms with Crippen LogP contribution in [-0.4, -0.2) is 40.3 Å². The van der Waals surface area contributed by atoms with Crippen LogP contribution in [0.2, 0.25) is 0 Å². The minimum absolute atomic E-state index is 0.245. The molecule has 0 saturated carbocycles. The summed E-state index contributed by atoms with van der Waals surface area (Å²) in [7, 11) is 0. The van der Waals surface area contributed by atoms with Gasteiger partial charge in [0.2, 0.25) is 5.91 Å². The highest BCUT2D eigenvalue weighted by atomic mass is 16.5. The van der Waals surface area contributed by atoms with Gasteiger partial charge in [-0.25, -0.2) is 0 Å². The number of likely N-dealkylation sites (tertiary alicyclic amines) is 1. The van der Waals surface area contributed by atoms with Gasteiger partial charge in [-0.2, -0.15) is 5.10 Å². The molecule has 5 nitrogen and oxygen atoms in total. The molecule has 0 spiro atoms. The van der Waals surface area contributed by atoms with Gasteiger partial charge in [0.1, 0.15) is 0 Å². The summed E-state index contributed by atoms with van der Waals surface area (Å²) in [5.74, 6) is 0.512. The normalized spacial score (nSPS) is 24.0. The van der Waals surface area contributed by atoms with Crippen molar-refractivity contribution < 1.29 is 9.53 Å². The number of aromatic nitrogens is 2. The van der Waals surface area contributed by atoms with E-state index in [1.165, 1.54) is 16.8 Å². The van der Waals surface area contributed by atoms with Crippen molar-refractivity contribution in [2.75, 3.05) is 19.8 Å². The third kappa shape index (κ3) is 3.33. The Morgan fingerprint density at radius 2 is 2.08 bits per heavy atom. The maximum absolute atomic E-state index is 12.7. The highest BCUT2D eigenvalue weighted by Gasteiger charge is 2.32. The van der Waals surface area contributed by atoms with Gasteiger partial charge < -0.3 is 9.64 Å². The van der Waals surface area contributed by atoms with Gasteiger partial charge in [0.25, 0.3) is 0 Å². The van der Waals surface area contributed by atoms with Gasteiger partial charge in [-0.05, 0) is 30.9 Å². The minimum Gasteiger partial charge on any atom is -0.379 e. The summed E-state index contributed by atoms with van der Waals surface area (Å²) in [5.41, 5.74) is 3.63. The number of carbonyl (C=O) groups is 1. The lowest BCUT2D eigenvalue weighted by Crippen LogP contribution is -2.38. The Morgan fingerprint density at radius 3 is 2.80 bits per heavy atom. The average molecular weight is 339 g/mol. The highest BCUT2D eigenvalue weighted by Crippen LogP contribution is 2.34. The molecular weight excluding hydrogens is 314 g/mol. The summed E-state index contributed by atoms with van der Waals surface area (Å²) >= 11 is 0. The number of nitrogens with zero attached hydrogens (tertiary/aromatic N) is 3. The van der Waals surface area contributed by atoms with E-state index in [9.17, 15) is 4.79 Å². The van der Waals surface area contributed by atoms with E-state index in [1.807, 2.05) is 29.3 Å². The molecule has 5 heteroatoms. The van der Waals surface area contributed by atoms with Crippen LogP contribution in [0.15, 0.2) is 36.5 Å². The number of piperidine rings is 1. The zero-order valence-electron chi connectivity index (χ0n) is 14.7. The van der Waals surface area contributed by atoms with Crippen LogP contribution >= 0.6 is 0 Å². The van der Waals surface area contributed by atoms with Gasteiger partial charge >= 0.3 is 0 Å². The van der Waals surface area contributed by atoms with Gasteiger partial charge in [-0.3, -0.25) is 9.48 Å². The van der Waals surface area contributed by atoms with Gasteiger partial charge in [0.15, 0.2) is 0 Å². The van der Waals surface area contributed by atoms with E-state index in [0.717, 1.165) is 32.6 Å². The SMILES string of the molecule is Cc1cnn([C@H]2CCOC2)c1C1CCN(Cc2ccccc2)C(=O)C1.